The fourth-order valence-corrected chi connectivity index (χ4v) is 4.58. The van der Waals surface area contributed by atoms with Crippen molar-refractivity contribution in [2.24, 2.45) is 0 Å². The van der Waals surface area contributed by atoms with Crippen LogP contribution in [0.4, 0.5) is 0 Å². The van der Waals surface area contributed by atoms with Crippen LogP contribution in [-0.4, -0.2) is 63.1 Å². The molecule has 0 amide bonds. The van der Waals surface area contributed by atoms with Crippen LogP contribution in [0.2, 0.25) is 18.1 Å². The van der Waals surface area contributed by atoms with Gasteiger partial charge in [-0.05, 0) is 44.8 Å². The van der Waals surface area contributed by atoms with E-state index < -0.39 is 26.0 Å². The summed E-state index contributed by atoms with van der Waals surface area (Å²) in [6, 6.07) is 0. The molecule has 0 radical (unpaired) electrons. The Labute approximate surface area is 178 Å². The van der Waals surface area contributed by atoms with Gasteiger partial charge in [-0.2, -0.15) is 0 Å². The summed E-state index contributed by atoms with van der Waals surface area (Å²) < 4.78 is 23.3. The van der Waals surface area contributed by atoms with Crippen LogP contribution in [0.25, 0.3) is 0 Å². The van der Waals surface area contributed by atoms with Gasteiger partial charge in [-0.3, -0.25) is 0 Å². The molecule has 29 heavy (non-hydrogen) atoms. The minimum Gasteiger partial charge on any atom is -0.463 e. The van der Waals surface area contributed by atoms with Crippen LogP contribution in [0.3, 0.4) is 0 Å². The number of rotatable bonds is 12. The predicted octanol–water partition coefficient (Wildman–Crippen LogP) is 4.22. The molecule has 0 spiro atoms. The molecule has 0 unspecified atom stereocenters. The van der Waals surface area contributed by atoms with E-state index in [-0.39, 0.29) is 23.4 Å². The molecule has 170 valence electrons. The molecule has 1 aliphatic heterocycles. The van der Waals surface area contributed by atoms with Crippen molar-refractivity contribution < 1.29 is 28.5 Å². The van der Waals surface area contributed by atoms with Crippen molar-refractivity contribution in [3.63, 3.8) is 0 Å². The molecule has 1 rings (SSSR count). The van der Waals surface area contributed by atoms with E-state index in [0.717, 1.165) is 12.8 Å². The molecule has 0 bridgehead atoms. The van der Waals surface area contributed by atoms with Crippen molar-refractivity contribution in [2.45, 2.75) is 109 Å². The second-order valence-electron chi connectivity index (χ2n) is 9.53. The molecule has 0 aromatic heterocycles. The van der Waals surface area contributed by atoms with Gasteiger partial charge in [-0.1, -0.05) is 40.2 Å². The normalized spacial score (nSPS) is 25.7. The fourth-order valence-electron chi connectivity index (χ4n) is 3.22. The Hall–Kier alpha value is -0.733. The van der Waals surface area contributed by atoms with Crippen LogP contribution in [0.15, 0.2) is 12.2 Å². The fraction of sp³-hybridized carbons (Fsp3) is 0.864. The third kappa shape index (κ3) is 6.89. The summed E-state index contributed by atoms with van der Waals surface area (Å²) in [5.41, 5.74) is -0.720. The molecule has 0 aliphatic carbocycles. The van der Waals surface area contributed by atoms with Gasteiger partial charge in [0.15, 0.2) is 8.32 Å². The van der Waals surface area contributed by atoms with Crippen molar-refractivity contribution in [3.8, 4) is 0 Å². The van der Waals surface area contributed by atoms with E-state index in [0.29, 0.717) is 13.0 Å². The highest BCUT2D eigenvalue weighted by Crippen LogP contribution is 2.46. The lowest BCUT2D eigenvalue weighted by molar-refractivity contribution is -0.137. The zero-order valence-electron chi connectivity index (χ0n) is 19.8. The van der Waals surface area contributed by atoms with E-state index in [2.05, 4.69) is 40.8 Å². The Morgan fingerprint density at radius 3 is 2.41 bits per heavy atom. The molecular formula is C22H42O6Si. The Kier molecular flexibility index (Phi) is 9.55. The van der Waals surface area contributed by atoms with Crippen LogP contribution in [-0.2, 0) is 23.4 Å². The molecule has 1 N–H and O–H groups in total. The van der Waals surface area contributed by atoms with Gasteiger partial charge in [0.05, 0.1) is 18.8 Å². The molecule has 1 heterocycles. The number of aliphatic hydroxyl groups is 1. The van der Waals surface area contributed by atoms with E-state index in [9.17, 15) is 9.90 Å². The molecule has 1 saturated heterocycles. The Balaban J connectivity index is 2.84. The maximum absolute atomic E-state index is 11.4. The summed E-state index contributed by atoms with van der Waals surface area (Å²) in [6.07, 6.45) is 3.81. The van der Waals surface area contributed by atoms with Gasteiger partial charge in [0, 0.05) is 13.2 Å². The molecule has 1 fully saturated rings. The quantitative estimate of drug-likeness (QED) is 0.216. The number of carbonyl (C=O) groups excluding carboxylic acids is 1. The van der Waals surface area contributed by atoms with Crippen LogP contribution in [0.5, 0.6) is 0 Å². The summed E-state index contributed by atoms with van der Waals surface area (Å²) in [7, 11) is -0.300. The van der Waals surface area contributed by atoms with Crippen LogP contribution in [0, 0.1) is 0 Å². The number of ether oxygens (including phenoxy) is 3. The second-order valence-corrected chi connectivity index (χ2v) is 14.3. The minimum atomic E-state index is -1.98. The lowest BCUT2D eigenvalue weighted by atomic mass is 9.92. The number of carbonyl (C=O) groups is 1. The molecule has 0 aromatic rings. The highest BCUT2D eigenvalue weighted by molar-refractivity contribution is 6.74. The van der Waals surface area contributed by atoms with Crippen LogP contribution in [0.1, 0.15) is 60.8 Å². The highest BCUT2D eigenvalue weighted by Gasteiger charge is 2.62. The SMILES string of the molecule is CCC[C@H](O[Si](C)(C)C(C)(C)C)[C@@H](OC)[C@H]1O[C@]1(C)[C@@H](O)C/C=C/C(=O)OCC. The van der Waals surface area contributed by atoms with Gasteiger partial charge in [0.25, 0.3) is 0 Å². The first kappa shape index (κ1) is 26.3. The first-order chi connectivity index (χ1) is 13.3. The zero-order chi connectivity index (χ0) is 22.5. The number of methoxy groups -OCH3 is 1. The van der Waals surface area contributed by atoms with Crippen molar-refractivity contribution >= 4 is 14.3 Å². The number of esters is 1. The van der Waals surface area contributed by atoms with Gasteiger partial charge in [-0.15, -0.1) is 0 Å². The third-order valence-electron chi connectivity index (χ3n) is 6.21. The van der Waals surface area contributed by atoms with E-state index >= 15 is 0 Å². The molecule has 5 atom stereocenters. The van der Waals surface area contributed by atoms with Crippen molar-refractivity contribution in [1.82, 2.24) is 0 Å². The standard InChI is InChI=1S/C22H42O6Si/c1-10-13-16(28-29(8,9)21(3,4)5)19(25-7)20-22(6,27-20)17(23)14-12-15-18(24)26-11-2/h12,15-17,19-20,23H,10-11,13-14H2,1-9H3/b15-12+/t16-,17-,19+,20+,22+/m0/s1. The molecule has 1 aliphatic rings. The largest absolute Gasteiger partial charge is 0.463 e. The monoisotopic (exact) mass is 430 g/mol. The number of hydrogen-bond acceptors (Lipinski definition) is 6. The summed E-state index contributed by atoms with van der Waals surface area (Å²) >= 11 is 0. The van der Waals surface area contributed by atoms with E-state index in [1.54, 1.807) is 20.1 Å². The zero-order valence-corrected chi connectivity index (χ0v) is 20.8. The number of epoxide rings is 1. The Morgan fingerprint density at radius 1 is 1.31 bits per heavy atom. The highest BCUT2D eigenvalue weighted by atomic mass is 28.4. The van der Waals surface area contributed by atoms with E-state index in [4.69, 9.17) is 18.6 Å². The molecular weight excluding hydrogens is 388 g/mol. The summed E-state index contributed by atoms with van der Waals surface area (Å²) in [6.45, 7) is 17.3. The molecule has 7 heteroatoms. The van der Waals surface area contributed by atoms with E-state index in [1.807, 2.05) is 6.92 Å². The van der Waals surface area contributed by atoms with Crippen molar-refractivity contribution in [3.05, 3.63) is 12.2 Å². The van der Waals surface area contributed by atoms with Gasteiger partial charge in [-0.25, -0.2) is 4.79 Å². The third-order valence-corrected chi connectivity index (χ3v) is 10.7. The lowest BCUT2D eigenvalue weighted by Crippen LogP contribution is -2.50. The summed E-state index contributed by atoms with van der Waals surface area (Å²) in [5.74, 6) is -0.404. The average molecular weight is 431 g/mol. The Bertz CT molecular complexity index is 556. The summed E-state index contributed by atoms with van der Waals surface area (Å²) in [4.78, 5) is 11.4. The number of aliphatic hydroxyl groups excluding tert-OH is 1. The van der Waals surface area contributed by atoms with Crippen LogP contribution < -0.4 is 0 Å². The lowest BCUT2D eigenvalue weighted by Gasteiger charge is -2.41. The first-order valence-electron chi connectivity index (χ1n) is 10.7. The molecule has 0 aromatic carbocycles. The van der Waals surface area contributed by atoms with E-state index in [1.165, 1.54) is 6.08 Å². The van der Waals surface area contributed by atoms with Gasteiger partial charge >= 0.3 is 5.97 Å². The maximum Gasteiger partial charge on any atom is 0.330 e. The van der Waals surface area contributed by atoms with Gasteiger partial charge < -0.3 is 23.7 Å². The average Bonchev–Trinajstić information content (AvgIpc) is 3.27. The molecule has 6 nitrogen and oxygen atoms in total. The van der Waals surface area contributed by atoms with Crippen molar-refractivity contribution in [2.75, 3.05) is 13.7 Å². The summed E-state index contributed by atoms with van der Waals surface area (Å²) in [5, 5.41) is 10.8. The van der Waals surface area contributed by atoms with Gasteiger partial charge in [0.2, 0.25) is 0 Å². The van der Waals surface area contributed by atoms with Crippen LogP contribution >= 0.6 is 0 Å². The van der Waals surface area contributed by atoms with Crippen molar-refractivity contribution in [1.29, 1.82) is 0 Å². The van der Waals surface area contributed by atoms with Gasteiger partial charge in [0.1, 0.15) is 17.8 Å². The molecule has 0 saturated carbocycles. The minimum absolute atomic E-state index is 0.0833. The Morgan fingerprint density at radius 2 is 1.93 bits per heavy atom. The second kappa shape index (κ2) is 10.5. The first-order valence-corrected chi connectivity index (χ1v) is 13.6. The predicted molar refractivity (Wildman–Crippen MR) is 117 cm³/mol. The topological polar surface area (TPSA) is 77.5 Å². The maximum atomic E-state index is 11.4. The smallest absolute Gasteiger partial charge is 0.330 e. The number of hydrogen-bond donors (Lipinski definition) is 1.